The monoisotopic (exact) mass is 250 g/mol. The van der Waals surface area contributed by atoms with Crippen molar-refractivity contribution in [3.63, 3.8) is 0 Å². The van der Waals surface area contributed by atoms with Crippen LogP contribution in [-0.2, 0) is 4.79 Å². The van der Waals surface area contributed by atoms with Crippen LogP contribution in [0, 0.1) is 22.7 Å². The van der Waals surface area contributed by atoms with Crippen LogP contribution in [0.4, 0.5) is 0 Å². The van der Waals surface area contributed by atoms with E-state index in [4.69, 9.17) is 0 Å². The summed E-state index contributed by atoms with van der Waals surface area (Å²) < 4.78 is 0. The molecule has 0 aromatic heterocycles. The second kappa shape index (κ2) is 6.78. The highest BCUT2D eigenvalue weighted by Gasteiger charge is 2.40. The number of amides is 1. The Bertz CT molecular complexity index is 309. The Morgan fingerprint density at radius 2 is 1.83 bits per heavy atom. The van der Waals surface area contributed by atoms with Crippen LogP contribution >= 0.6 is 0 Å². The maximum Gasteiger partial charge on any atom is 0.243 e. The predicted molar refractivity (Wildman–Crippen MR) is 72.8 cm³/mol. The quantitative estimate of drug-likeness (QED) is 0.663. The van der Waals surface area contributed by atoms with E-state index >= 15 is 0 Å². The summed E-state index contributed by atoms with van der Waals surface area (Å²) >= 11 is 0. The number of nitriles is 1. The second-order valence-corrected chi connectivity index (χ2v) is 5.48. The lowest BCUT2D eigenvalue weighted by Crippen LogP contribution is -2.44. The van der Waals surface area contributed by atoms with Crippen LogP contribution < -0.4 is 0 Å². The molecule has 1 amide bonds. The first-order valence-corrected chi connectivity index (χ1v) is 7.34. The average molecular weight is 250 g/mol. The number of rotatable bonds is 8. The number of hydrogen-bond donors (Lipinski definition) is 0. The lowest BCUT2D eigenvalue weighted by atomic mass is 9.79. The van der Waals surface area contributed by atoms with E-state index in [2.05, 4.69) is 6.07 Å². The maximum absolute atomic E-state index is 12.7. The molecule has 0 atom stereocenters. The van der Waals surface area contributed by atoms with Gasteiger partial charge in [0.25, 0.3) is 0 Å². The summed E-state index contributed by atoms with van der Waals surface area (Å²) in [5, 5.41) is 9.51. The Labute approximate surface area is 111 Å². The first-order chi connectivity index (χ1) is 8.63. The van der Waals surface area contributed by atoms with Gasteiger partial charge >= 0.3 is 0 Å². The number of hydrogen-bond acceptors (Lipinski definition) is 2. The standard InChI is InChI=1S/C15H26N2O/c1-4-9-15(12-16,10-5-2)14(18)17(6-3)11-13-7-8-13/h13H,4-11H2,1-3H3. The van der Waals surface area contributed by atoms with Crippen LogP contribution in [0.25, 0.3) is 0 Å². The van der Waals surface area contributed by atoms with Gasteiger partial charge in [0.05, 0.1) is 6.07 Å². The van der Waals surface area contributed by atoms with E-state index in [1.54, 1.807) is 0 Å². The molecule has 3 nitrogen and oxygen atoms in total. The zero-order chi connectivity index (χ0) is 13.6. The molecule has 0 saturated heterocycles. The average Bonchev–Trinajstić information content (AvgIpc) is 3.18. The van der Waals surface area contributed by atoms with E-state index in [1.165, 1.54) is 12.8 Å². The normalized spacial score (nSPS) is 15.2. The number of nitrogens with zero attached hydrogens (tertiary/aromatic N) is 2. The van der Waals surface area contributed by atoms with Crippen LogP contribution in [0.3, 0.4) is 0 Å². The smallest absolute Gasteiger partial charge is 0.243 e. The van der Waals surface area contributed by atoms with Crippen molar-refractivity contribution in [1.29, 1.82) is 5.26 Å². The first kappa shape index (κ1) is 15.0. The van der Waals surface area contributed by atoms with Crippen molar-refractivity contribution >= 4 is 5.91 Å². The van der Waals surface area contributed by atoms with Gasteiger partial charge in [-0.1, -0.05) is 26.7 Å². The molecular formula is C15H26N2O. The third kappa shape index (κ3) is 3.48. The molecule has 0 bridgehead atoms. The topological polar surface area (TPSA) is 44.1 Å². The fraction of sp³-hybridized carbons (Fsp3) is 0.867. The van der Waals surface area contributed by atoms with Gasteiger partial charge in [-0.2, -0.15) is 5.26 Å². The molecule has 1 fully saturated rings. The molecule has 102 valence electrons. The molecule has 1 saturated carbocycles. The Hall–Kier alpha value is -1.04. The maximum atomic E-state index is 12.7. The SMILES string of the molecule is CCCC(C#N)(CCC)C(=O)N(CC)CC1CC1. The Morgan fingerprint density at radius 3 is 2.17 bits per heavy atom. The van der Waals surface area contributed by atoms with Gasteiger partial charge in [0.2, 0.25) is 5.91 Å². The largest absolute Gasteiger partial charge is 0.341 e. The van der Waals surface area contributed by atoms with Crippen molar-refractivity contribution in [1.82, 2.24) is 4.90 Å². The van der Waals surface area contributed by atoms with Gasteiger partial charge in [-0.15, -0.1) is 0 Å². The van der Waals surface area contributed by atoms with Crippen molar-refractivity contribution in [3.05, 3.63) is 0 Å². The summed E-state index contributed by atoms with van der Waals surface area (Å²) in [7, 11) is 0. The molecule has 1 aliphatic rings. The number of carbonyl (C=O) groups is 1. The van der Waals surface area contributed by atoms with Gasteiger partial charge in [0.15, 0.2) is 0 Å². The molecular weight excluding hydrogens is 224 g/mol. The molecule has 1 rings (SSSR count). The summed E-state index contributed by atoms with van der Waals surface area (Å²) in [6.45, 7) is 7.69. The van der Waals surface area contributed by atoms with Crippen molar-refractivity contribution in [2.45, 2.75) is 59.3 Å². The summed E-state index contributed by atoms with van der Waals surface area (Å²) in [5.41, 5.74) is -0.769. The van der Waals surface area contributed by atoms with E-state index in [0.717, 1.165) is 25.9 Å². The van der Waals surface area contributed by atoms with E-state index in [9.17, 15) is 10.1 Å². The molecule has 0 aromatic rings. The lowest BCUT2D eigenvalue weighted by Gasteiger charge is -2.31. The van der Waals surface area contributed by atoms with Gasteiger partial charge in [-0.05, 0) is 38.5 Å². The van der Waals surface area contributed by atoms with Crippen LogP contribution in [0.1, 0.15) is 59.3 Å². The molecule has 0 radical (unpaired) electrons. The van der Waals surface area contributed by atoms with Crippen LogP contribution in [0.15, 0.2) is 0 Å². The zero-order valence-corrected chi connectivity index (χ0v) is 12.0. The summed E-state index contributed by atoms with van der Waals surface area (Å²) in [6, 6.07) is 2.33. The lowest BCUT2D eigenvalue weighted by molar-refractivity contribution is -0.140. The van der Waals surface area contributed by atoms with Gasteiger partial charge in [0, 0.05) is 13.1 Å². The van der Waals surface area contributed by atoms with E-state index < -0.39 is 5.41 Å². The second-order valence-electron chi connectivity index (χ2n) is 5.48. The van der Waals surface area contributed by atoms with Gasteiger partial charge in [-0.25, -0.2) is 0 Å². The Morgan fingerprint density at radius 1 is 1.28 bits per heavy atom. The summed E-state index contributed by atoms with van der Waals surface area (Å²) in [6.07, 6.45) is 5.64. The zero-order valence-electron chi connectivity index (χ0n) is 12.0. The highest BCUT2D eigenvalue weighted by Crippen LogP contribution is 2.35. The van der Waals surface area contributed by atoms with Crippen molar-refractivity contribution < 1.29 is 4.79 Å². The van der Waals surface area contributed by atoms with Crippen molar-refractivity contribution in [2.24, 2.45) is 11.3 Å². The third-order valence-electron chi connectivity index (χ3n) is 3.82. The van der Waals surface area contributed by atoms with Crippen LogP contribution in [0.2, 0.25) is 0 Å². The first-order valence-electron chi connectivity index (χ1n) is 7.34. The molecule has 0 heterocycles. The van der Waals surface area contributed by atoms with E-state index in [0.29, 0.717) is 18.8 Å². The molecule has 0 N–H and O–H groups in total. The fourth-order valence-electron chi connectivity index (χ4n) is 2.62. The highest BCUT2D eigenvalue weighted by atomic mass is 16.2. The van der Waals surface area contributed by atoms with Crippen LogP contribution in [0.5, 0.6) is 0 Å². The fourth-order valence-corrected chi connectivity index (χ4v) is 2.62. The Balaban J connectivity index is 2.80. The van der Waals surface area contributed by atoms with Crippen molar-refractivity contribution in [3.8, 4) is 6.07 Å². The van der Waals surface area contributed by atoms with E-state index in [1.807, 2.05) is 25.7 Å². The molecule has 18 heavy (non-hydrogen) atoms. The Kier molecular flexibility index (Phi) is 5.65. The number of carbonyl (C=O) groups excluding carboxylic acids is 1. The molecule has 0 unspecified atom stereocenters. The van der Waals surface area contributed by atoms with Crippen molar-refractivity contribution in [2.75, 3.05) is 13.1 Å². The minimum absolute atomic E-state index is 0.0723. The molecule has 1 aliphatic carbocycles. The van der Waals surface area contributed by atoms with Gasteiger partial charge < -0.3 is 4.90 Å². The van der Waals surface area contributed by atoms with Gasteiger partial charge in [0.1, 0.15) is 5.41 Å². The molecule has 3 heteroatoms. The highest BCUT2D eigenvalue weighted by molar-refractivity contribution is 5.85. The predicted octanol–water partition coefficient (Wildman–Crippen LogP) is 3.36. The van der Waals surface area contributed by atoms with E-state index in [-0.39, 0.29) is 5.91 Å². The molecule has 0 spiro atoms. The minimum Gasteiger partial charge on any atom is -0.341 e. The minimum atomic E-state index is -0.769. The van der Waals surface area contributed by atoms with Crippen LogP contribution in [-0.4, -0.2) is 23.9 Å². The third-order valence-corrected chi connectivity index (χ3v) is 3.82. The molecule has 0 aromatic carbocycles. The molecule has 0 aliphatic heterocycles. The summed E-state index contributed by atoms with van der Waals surface area (Å²) in [5.74, 6) is 0.761. The summed E-state index contributed by atoms with van der Waals surface area (Å²) in [4.78, 5) is 14.6. The van der Waals surface area contributed by atoms with Gasteiger partial charge in [-0.3, -0.25) is 4.79 Å².